The molecule has 1 aliphatic rings. The number of nitrogens with two attached hydrogens (primary N) is 1. The smallest absolute Gasteiger partial charge is 0.0937 e. The van der Waals surface area contributed by atoms with Crippen LogP contribution in [0.3, 0.4) is 0 Å². The fourth-order valence-electron chi connectivity index (χ4n) is 1.34. The molecule has 0 radical (unpaired) electrons. The topological polar surface area (TPSA) is 38.4 Å². The zero-order chi connectivity index (χ0) is 8.81. The summed E-state index contributed by atoms with van der Waals surface area (Å²) in [6.45, 7) is 3.07. The number of hydrogen-bond donors (Lipinski definition) is 1. The molecule has 1 fully saturated rings. The van der Waals surface area contributed by atoms with Gasteiger partial charge in [0.15, 0.2) is 0 Å². The number of aliphatic imine (C=N–C) groups is 1. The maximum Gasteiger partial charge on any atom is 0.0937 e. The van der Waals surface area contributed by atoms with E-state index < -0.39 is 0 Å². The summed E-state index contributed by atoms with van der Waals surface area (Å²) >= 11 is 2.04. The summed E-state index contributed by atoms with van der Waals surface area (Å²) in [4.78, 5) is 4.37. The third kappa shape index (κ3) is 3.48. The third-order valence-corrected chi connectivity index (χ3v) is 3.41. The fraction of sp³-hybridized carbons (Fsp3) is 0.889. The normalized spacial score (nSPS) is 24.8. The molecule has 0 amide bonds. The Bertz CT molecular complexity index is 151. The Morgan fingerprint density at radius 1 is 1.67 bits per heavy atom. The van der Waals surface area contributed by atoms with E-state index in [9.17, 15) is 0 Å². The van der Waals surface area contributed by atoms with Crippen LogP contribution >= 0.6 is 11.8 Å². The van der Waals surface area contributed by atoms with E-state index in [0.29, 0.717) is 0 Å². The van der Waals surface area contributed by atoms with Gasteiger partial charge in [0, 0.05) is 11.7 Å². The highest BCUT2D eigenvalue weighted by Crippen LogP contribution is 2.25. The summed E-state index contributed by atoms with van der Waals surface area (Å²) in [5, 5.41) is 0.750. The highest BCUT2D eigenvalue weighted by atomic mass is 32.2. The molecular formula is C9H18N2S. The lowest BCUT2D eigenvalue weighted by Gasteiger charge is -2.04. The average Bonchev–Trinajstić information content (AvgIpc) is 2.53. The van der Waals surface area contributed by atoms with Crippen molar-refractivity contribution in [1.82, 2.24) is 0 Å². The number of rotatable bonds is 4. The van der Waals surface area contributed by atoms with Crippen molar-refractivity contribution < 1.29 is 0 Å². The molecule has 0 bridgehead atoms. The molecule has 0 aromatic rings. The molecule has 1 saturated heterocycles. The Kier molecular flexibility index (Phi) is 4.51. The van der Waals surface area contributed by atoms with Gasteiger partial charge in [0.05, 0.1) is 12.4 Å². The van der Waals surface area contributed by atoms with Crippen molar-refractivity contribution in [2.45, 2.75) is 37.9 Å². The molecule has 1 rings (SSSR count). The first-order valence-electron chi connectivity index (χ1n) is 4.73. The van der Waals surface area contributed by atoms with E-state index in [2.05, 4.69) is 11.9 Å². The molecule has 0 saturated carbocycles. The fourth-order valence-corrected chi connectivity index (χ4v) is 2.52. The summed E-state index contributed by atoms with van der Waals surface area (Å²) in [6.07, 6.45) is 4.75. The summed E-state index contributed by atoms with van der Waals surface area (Å²) < 4.78 is 0. The first kappa shape index (κ1) is 9.90. The molecule has 1 atom stereocenters. The molecule has 3 heteroatoms. The van der Waals surface area contributed by atoms with Gasteiger partial charge in [0.25, 0.3) is 0 Å². The Balaban J connectivity index is 2.17. The van der Waals surface area contributed by atoms with Crippen molar-refractivity contribution in [3.8, 4) is 0 Å². The second-order valence-electron chi connectivity index (χ2n) is 3.22. The first-order chi connectivity index (χ1) is 5.83. The minimum atomic E-state index is 0.750. The van der Waals surface area contributed by atoms with Crippen LogP contribution in [0, 0.1) is 0 Å². The van der Waals surface area contributed by atoms with Gasteiger partial charge in [-0.1, -0.05) is 6.92 Å². The lowest BCUT2D eigenvalue weighted by molar-refractivity contribution is 0.783. The zero-order valence-electron chi connectivity index (χ0n) is 7.75. The largest absolute Gasteiger partial charge is 0.387 e. The summed E-state index contributed by atoms with van der Waals surface area (Å²) in [5.41, 5.74) is 5.70. The van der Waals surface area contributed by atoms with E-state index in [1.807, 2.05) is 11.8 Å². The summed E-state index contributed by atoms with van der Waals surface area (Å²) in [6, 6.07) is 0. The van der Waals surface area contributed by atoms with Gasteiger partial charge in [-0.05, 0) is 25.0 Å². The van der Waals surface area contributed by atoms with Crippen LogP contribution < -0.4 is 5.73 Å². The van der Waals surface area contributed by atoms with E-state index in [-0.39, 0.29) is 0 Å². The maximum atomic E-state index is 5.70. The van der Waals surface area contributed by atoms with Gasteiger partial charge < -0.3 is 5.73 Å². The molecule has 0 aromatic carbocycles. The van der Waals surface area contributed by atoms with Crippen molar-refractivity contribution in [2.75, 3.05) is 12.3 Å². The maximum absolute atomic E-state index is 5.70. The lowest BCUT2D eigenvalue weighted by atomic mass is 10.2. The summed E-state index contributed by atoms with van der Waals surface area (Å²) in [5.74, 6) is 2.15. The van der Waals surface area contributed by atoms with Crippen LogP contribution in [0.2, 0.25) is 0 Å². The predicted octanol–water partition coefficient (Wildman–Crippen LogP) is 2.04. The quantitative estimate of drug-likeness (QED) is 0.539. The monoisotopic (exact) mass is 186 g/mol. The summed E-state index contributed by atoms with van der Waals surface area (Å²) in [7, 11) is 0. The van der Waals surface area contributed by atoms with Gasteiger partial charge in [-0.3, -0.25) is 4.99 Å². The van der Waals surface area contributed by atoms with Crippen LogP contribution in [0.15, 0.2) is 4.99 Å². The third-order valence-electron chi connectivity index (χ3n) is 2.03. The molecule has 0 spiro atoms. The second kappa shape index (κ2) is 5.46. The Hall–Kier alpha value is -0.180. The molecule has 0 aliphatic carbocycles. The van der Waals surface area contributed by atoms with Gasteiger partial charge in [-0.25, -0.2) is 0 Å². The van der Waals surface area contributed by atoms with Crippen LogP contribution in [-0.2, 0) is 0 Å². The van der Waals surface area contributed by atoms with Crippen LogP contribution in [0.1, 0.15) is 32.6 Å². The van der Waals surface area contributed by atoms with E-state index in [1.54, 1.807) is 0 Å². The van der Waals surface area contributed by atoms with Gasteiger partial charge in [0.1, 0.15) is 0 Å². The van der Waals surface area contributed by atoms with Crippen LogP contribution in [-0.4, -0.2) is 23.4 Å². The minimum absolute atomic E-state index is 0.750. The molecule has 1 heterocycles. The number of amidine groups is 1. The highest BCUT2D eigenvalue weighted by Gasteiger charge is 2.14. The molecule has 12 heavy (non-hydrogen) atoms. The van der Waals surface area contributed by atoms with E-state index in [4.69, 9.17) is 5.73 Å². The Morgan fingerprint density at radius 3 is 3.08 bits per heavy atom. The van der Waals surface area contributed by atoms with Crippen molar-refractivity contribution in [2.24, 2.45) is 10.7 Å². The zero-order valence-corrected chi connectivity index (χ0v) is 8.57. The van der Waals surface area contributed by atoms with E-state index in [0.717, 1.165) is 30.5 Å². The van der Waals surface area contributed by atoms with E-state index in [1.165, 1.54) is 18.6 Å². The number of nitrogens with zero attached hydrogens (tertiary/aromatic N) is 1. The van der Waals surface area contributed by atoms with Crippen molar-refractivity contribution in [3.63, 3.8) is 0 Å². The van der Waals surface area contributed by atoms with Gasteiger partial charge in [-0.2, -0.15) is 11.8 Å². The average molecular weight is 186 g/mol. The highest BCUT2D eigenvalue weighted by molar-refractivity contribution is 8.00. The molecule has 0 aromatic heterocycles. The van der Waals surface area contributed by atoms with Crippen LogP contribution in [0.5, 0.6) is 0 Å². The standard InChI is InChI=1S/C9H18N2S/c1-2-4-9(10)11-7-8-5-3-6-12-8/h8H,2-7H2,1H3,(H2,10,11). The van der Waals surface area contributed by atoms with Crippen molar-refractivity contribution in [3.05, 3.63) is 0 Å². The predicted molar refractivity (Wildman–Crippen MR) is 56.9 cm³/mol. The van der Waals surface area contributed by atoms with E-state index >= 15 is 0 Å². The van der Waals surface area contributed by atoms with Crippen molar-refractivity contribution in [1.29, 1.82) is 0 Å². The Morgan fingerprint density at radius 2 is 2.50 bits per heavy atom. The SMILES string of the molecule is CCCC(N)=NCC1CCCS1. The second-order valence-corrected chi connectivity index (χ2v) is 4.63. The molecule has 70 valence electrons. The molecule has 2 N–H and O–H groups in total. The van der Waals surface area contributed by atoms with Crippen molar-refractivity contribution >= 4 is 17.6 Å². The van der Waals surface area contributed by atoms with Crippen LogP contribution in [0.4, 0.5) is 0 Å². The molecule has 1 aliphatic heterocycles. The molecular weight excluding hydrogens is 168 g/mol. The Labute approximate surface area is 79.0 Å². The first-order valence-corrected chi connectivity index (χ1v) is 5.78. The van der Waals surface area contributed by atoms with Gasteiger partial charge in [-0.15, -0.1) is 0 Å². The number of thioether (sulfide) groups is 1. The van der Waals surface area contributed by atoms with Gasteiger partial charge >= 0.3 is 0 Å². The number of hydrogen-bond acceptors (Lipinski definition) is 2. The molecule has 2 nitrogen and oxygen atoms in total. The molecule has 1 unspecified atom stereocenters. The minimum Gasteiger partial charge on any atom is -0.387 e. The lowest BCUT2D eigenvalue weighted by Crippen LogP contribution is -2.14. The van der Waals surface area contributed by atoms with Crippen LogP contribution in [0.25, 0.3) is 0 Å². The van der Waals surface area contributed by atoms with Gasteiger partial charge in [0.2, 0.25) is 0 Å².